The van der Waals surface area contributed by atoms with Crippen molar-refractivity contribution in [1.29, 1.82) is 0 Å². The Morgan fingerprint density at radius 2 is 1.85 bits per heavy atom. The van der Waals surface area contributed by atoms with Gasteiger partial charge >= 0.3 is 5.97 Å². The Bertz CT molecular complexity index is 1190. The van der Waals surface area contributed by atoms with Crippen molar-refractivity contribution in [2.45, 2.75) is 18.9 Å². The van der Waals surface area contributed by atoms with Gasteiger partial charge in [-0.2, -0.15) is 5.10 Å². The lowest BCUT2D eigenvalue weighted by atomic mass is 10.0. The number of carbonyl (C=O) groups excluding carboxylic acids is 2. The number of rotatable bonds is 8. The van der Waals surface area contributed by atoms with Gasteiger partial charge in [-0.15, -0.1) is 11.3 Å². The first-order valence-corrected chi connectivity index (χ1v) is 11.8. The van der Waals surface area contributed by atoms with Crippen molar-refractivity contribution in [1.82, 2.24) is 5.01 Å². The van der Waals surface area contributed by atoms with Gasteiger partial charge < -0.3 is 14.2 Å². The molecule has 4 rings (SSSR count). The van der Waals surface area contributed by atoms with Crippen LogP contribution in [0.4, 0.5) is 0 Å². The molecule has 1 aliphatic heterocycles. The van der Waals surface area contributed by atoms with Crippen LogP contribution in [-0.2, 0) is 20.7 Å². The second-order valence-electron chi connectivity index (χ2n) is 7.56. The van der Waals surface area contributed by atoms with Crippen molar-refractivity contribution in [2.75, 3.05) is 20.8 Å². The number of benzene rings is 2. The molecule has 3 aromatic rings. The van der Waals surface area contributed by atoms with Crippen molar-refractivity contribution in [3.8, 4) is 11.5 Å². The van der Waals surface area contributed by atoms with E-state index in [2.05, 4.69) is 5.10 Å². The Kier molecular flexibility index (Phi) is 7.49. The number of hydrazone groups is 1. The van der Waals surface area contributed by atoms with Gasteiger partial charge in [0.15, 0.2) is 18.1 Å². The van der Waals surface area contributed by atoms with Gasteiger partial charge in [0, 0.05) is 11.4 Å². The highest BCUT2D eigenvalue weighted by Crippen LogP contribution is 2.37. The van der Waals surface area contributed by atoms with Crippen LogP contribution in [0.15, 0.2) is 65.1 Å². The number of hydrogen-bond acceptors (Lipinski definition) is 7. The molecule has 0 N–H and O–H groups in total. The fourth-order valence-electron chi connectivity index (χ4n) is 3.68. The van der Waals surface area contributed by atoms with Crippen molar-refractivity contribution in [2.24, 2.45) is 5.10 Å². The molecule has 0 spiro atoms. The van der Waals surface area contributed by atoms with Crippen LogP contribution in [0.1, 0.15) is 28.5 Å². The molecule has 0 saturated heterocycles. The highest BCUT2D eigenvalue weighted by Gasteiger charge is 2.34. The first-order valence-electron chi connectivity index (χ1n) is 10.5. The fraction of sp³-hybridized carbons (Fsp3) is 0.240. The third-order valence-corrected chi connectivity index (χ3v) is 6.55. The number of halogens is 1. The standard InChI is InChI=1S/C25H23ClN2O5S/c1-31-21-10-7-17(13-22(21)32-2)20-14-19(23-4-3-11-34-23)27-28(20)24(29)15-33-25(30)12-16-5-8-18(26)9-6-16/h3-11,13,20H,12,14-15H2,1-2H3. The minimum absolute atomic E-state index is 0.0489. The van der Waals surface area contributed by atoms with Crippen LogP contribution >= 0.6 is 22.9 Å². The summed E-state index contributed by atoms with van der Waals surface area (Å²) in [5.41, 5.74) is 2.40. The summed E-state index contributed by atoms with van der Waals surface area (Å²) in [7, 11) is 3.13. The zero-order chi connectivity index (χ0) is 24.1. The molecular weight excluding hydrogens is 476 g/mol. The van der Waals surface area contributed by atoms with E-state index in [4.69, 9.17) is 25.8 Å². The molecule has 34 heavy (non-hydrogen) atoms. The molecule has 0 fully saturated rings. The molecule has 176 valence electrons. The smallest absolute Gasteiger partial charge is 0.310 e. The predicted molar refractivity (Wildman–Crippen MR) is 131 cm³/mol. The summed E-state index contributed by atoms with van der Waals surface area (Å²) in [6.07, 6.45) is 0.577. The number of nitrogens with zero attached hydrogens (tertiary/aromatic N) is 2. The van der Waals surface area contributed by atoms with E-state index in [9.17, 15) is 9.59 Å². The predicted octanol–water partition coefficient (Wildman–Crippen LogP) is 4.88. The largest absolute Gasteiger partial charge is 0.493 e. The second-order valence-corrected chi connectivity index (χ2v) is 8.94. The molecule has 0 saturated carbocycles. The summed E-state index contributed by atoms with van der Waals surface area (Å²) in [5, 5.41) is 8.54. The SMILES string of the molecule is COc1ccc(C2CC(c3cccs3)=NN2C(=O)COC(=O)Cc2ccc(Cl)cc2)cc1OC. The number of amides is 1. The maximum absolute atomic E-state index is 13.1. The Labute approximate surface area is 206 Å². The zero-order valence-corrected chi connectivity index (χ0v) is 20.3. The van der Waals surface area contributed by atoms with Crippen molar-refractivity contribution in [3.63, 3.8) is 0 Å². The molecule has 0 radical (unpaired) electrons. The molecule has 0 aliphatic carbocycles. The van der Waals surface area contributed by atoms with E-state index in [0.29, 0.717) is 22.9 Å². The van der Waals surface area contributed by atoms with E-state index in [0.717, 1.165) is 21.7 Å². The van der Waals surface area contributed by atoms with Crippen LogP contribution in [-0.4, -0.2) is 43.4 Å². The molecule has 1 unspecified atom stereocenters. The maximum atomic E-state index is 13.1. The van der Waals surface area contributed by atoms with E-state index in [-0.39, 0.29) is 12.5 Å². The van der Waals surface area contributed by atoms with E-state index >= 15 is 0 Å². The number of carbonyl (C=O) groups is 2. The van der Waals surface area contributed by atoms with Crippen LogP contribution in [0.3, 0.4) is 0 Å². The normalized spacial score (nSPS) is 15.1. The second kappa shape index (κ2) is 10.7. The zero-order valence-electron chi connectivity index (χ0n) is 18.7. The van der Waals surface area contributed by atoms with Crippen LogP contribution in [0.5, 0.6) is 11.5 Å². The lowest BCUT2D eigenvalue weighted by Gasteiger charge is -2.22. The summed E-state index contributed by atoms with van der Waals surface area (Å²) in [6, 6.07) is 16.0. The number of esters is 1. The van der Waals surface area contributed by atoms with Crippen molar-refractivity contribution < 1.29 is 23.8 Å². The highest BCUT2D eigenvalue weighted by molar-refractivity contribution is 7.12. The number of ether oxygens (including phenoxy) is 3. The van der Waals surface area contributed by atoms with Crippen molar-refractivity contribution >= 4 is 40.5 Å². The van der Waals surface area contributed by atoms with Crippen LogP contribution < -0.4 is 9.47 Å². The minimum atomic E-state index is -0.500. The van der Waals surface area contributed by atoms with Gasteiger partial charge in [0.1, 0.15) is 0 Å². The van der Waals surface area contributed by atoms with E-state index in [1.165, 1.54) is 5.01 Å². The average Bonchev–Trinajstić information content (AvgIpc) is 3.54. The number of hydrogen-bond donors (Lipinski definition) is 0. The summed E-state index contributed by atoms with van der Waals surface area (Å²) in [6.45, 7) is -0.405. The Morgan fingerprint density at radius 3 is 2.53 bits per heavy atom. The molecule has 2 aromatic carbocycles. The quantitative estimate of drug-likeness (QED) is 0.413. The average molecular weight is 499 g/mol. The lowest BCUT2D eigenvalue weighted by molar-refractivity contribution is -0.152. The molecule has 0 bridgehead atoms. The summed E-state index contributed by atoms with van der Waals surface area (Å²) in [4.78, 5) is 26.4. The lowest BCUT2D eigenvalue weighted by Crippen LogP contribution is -2.31. The van der Waals surface area contributed by atoms with Gasteiger partial charge in [-0.1, -0.05) is 35.9 Å². The van der Waals surface area contributed by atoms with Crippen molar-refractivity contribution in [3.05, 3.63) is 81.0 Å². The number of thiophene rings is 1. The molecule has 2 heterocycles. The van der Waals surface area contributed by atoms with Crippen LogP contribution in [0.25, 0.3) is 0 Å². The summed E-state index contributed by atoms with van der Waals surface area (Å²) < 4.78 is 16.0. The van der Waals surface area contributed by atoms with Gasteiger partial charge in [0.25, 0.3) is 5.91 Å². The van der Waals surface area contributed by atoms with Crippen LogP contribution in [0, 0.1) is 0 Å². The monoisotopic (exact) mass is 498 g/mol. The van der Waals surface area contributed by atoms with E-state index in [1.54, 1.807) is 55.9 Å². The van der Waals surface area contributed by atoms with E-state index in [1.807, 2.05) is 29.6 Å². The molecule has 1 atom stereocenters. The van der Waals surface area contributed by atoms with Crippen LogP contribution in [0.2, 0.25) is 5.02 Å². The third-order valence-electron chi connectivity index (χ3n) is 5.38. The summed E-state index contributed by atoms with van der Waals surface area (Å²) in [5.74, 6) is 0.250. The topological polar surface area (TPSA) is 77.4 Å². The Balaban J connectivity index is 1.50. The Morgan fingerprint density at radius 1 is 1.09 bits per heavy atom. The van der Waals surface area contributed by atoms with Gasteiger partial charge in [-0.3, -0.25) is 9.59 Å². The minimum Gasteiger partial charge on any atom is -0.493 e. The molecule has 1 amide bonds. The molecule has 7 nitrogen and oxygen atoms in total. The van der Waals surface area contributed by atoms with Gasteiger partial charge in [0.2, 0.25) is 0 Å². The number of methoxy groups -OCH3 is 2. The molecule has 9 heteroatoms. The van der Waals surface area contributed by atoms with Gasteiger partial charge in [-0.25, -0.2) is 5.01 Å². The maximum Gasteiger partial charge on any atom is 0.310 e. The third kappa shape index (κ3) is 5.40. The van der Waals surface area contributed by atoms with Gasteiger partial charge in [-0.05, 0) is 46.8 Å². The molecule has 1 aromatic heterocycles. The first kappa shape index (κ1) is 23.8. The van der Waals surface area contributed by atoms with E-state index < -0.39 is 18.5 Å². The highest BCUT2D eigenvalue weighted by atomic mass is 35.5. The molecular formula is C25H23ClN2O5S. The Hall–Kier alpha value is -3.36. The van der Waals surface area contributed by atoms with Gasteiger partial charge in [0.05, 0.1) is 37.3 Å². The summed E-state index contributed by atoms with van der Waals surface area (Å²) >= 11 is 7.44. The fourth-order valence-corrected chi connectivity index (χ4v) is 4.53. The molecule has 1 aliphatic rings. The first-order chi connectivity index (χ1) is 16.5.